The van der Waals surface area contributed by atoms with Crippen molar-refractivity contribution in [1.29, 1.82) is 0 Å². The molecule has 2 heterocycles. The molecule has 0 aromatic carbocycles. The molecule has 2 aliphatic rings. The first-order valence-corrected chi connectivity index (χ1v) is 9.36. The summed E-state index contributed by atoms with van der Waals surface area (Å²) in [6, 6.07) is 0. The van der Waals surface area contributed by atoms with Crippen LogP contribution in [0.25, 0.3) is 0 Å². The zero-order chi connectivity index (χ0) is 17.7. The second kappa shape index (κ2) is 8.39. The fourth-order valence-corrected chi connectivity index (χ4v) is 3.35. The molecule has 0 bridgehead atoms. The highest BCUT2D eigenvalue weighted by atomic mass is 35.5. The van der Waals surface area contributed by atoms with Gasteiger partial charge < -0.3 is 14.5 Å². The van der Waals surface area contributed by atoms with E-state index in [1.165, 1.54) is 0 Å². The molecule has 138 valence electrons. The van der Waals surface area contributed by atoms with Gasteiger partial charge >= 0.3 is 6.09 Å². The van der Waals surface area contributed by atoms with E-state index in [0.29, 0.717) is 31.3 Å². The van der Waals surface area contributed by atoms with E-state index in [0.717, 1.165) is 39.1 Å². The van der Waals surface area contributed by atoms with Gasteiger partial charge in [-0.25, -0.2) is 4.79 Å². The van der Waals surface area contributed by atoms with Crippen molar-refractivity contribution < 1.29 is 14.3 Å². The van der Waals surface area contributed by atoms with E-state index in [2.05, 4.69) is 4.90 Å². The highest BCUT2D eigenvalue weighted by molar-refractivity contribution is 6.18. The van der Waals surface area contributed by atoms with Crippen LogP contribution in [-0.2, 0) is 9.53 Å². The lowest BCUT2D eigenvalue weighted by Crippen LogP contribution is -2.50. The summed E-state index contributed by atoms with van der Waals surface area (Å²) in [6.45, 7) is 11.3. The fraction of sp³-hybridized carbons (Fsp3) is 0.882. The Labute approximate surface area is 150 Å². The van der Waals surface area contributed by atoms with E-state index >= 15 is 0 Å². The number of hydrogen-bond acceptors (Lipinski definition) is 4. The smallest absolute Gasteiger partial charge is 0.410 e. The Bertz CT molecular complexity index is 445. The van der Waals surface area contributed by atoms with Crippen LogP contribution in [0.2, 0.25) is 0 Å². The van der Waals surface area contributed by atoms with E-state index in [1.54, 1.807) is 4.90 Å². The first-order valence-electron chi connectivity index (χ1n) is 8.82. The van der Waals surface area contributed by atoms with E-state index in [1.807, 2.05) is 25.7 Å². The summed E-state index contributed by atoms with van der Waals surface area (Å²) in [5.41, 5.74) is -0.447. The summed E-state index contributed by atoms with van der Waals surface area (Å²) >= 11 is 5.84. The molecular formula is C17H30ClN3O3. The van der Waals surface area contributed by atoms with Gasteiger partial charge in [-0.15, -0.1) is 11.6 Å². The molecule has 2 saturated heterocycles. The van der Waals surface area contributed by atoms with Crippen molar-refractivity contribution in [2.45, 2.75) is 39.2 Å². The molecule has 0 aliphatic carbocycles. The van der Waals surface area contributed by atoms with Crippen LogP contribution in [0.3, 0.4) is 0 Å². The van der Waals surface area contributed by atoms with Crippen LogP contribution < -0.4 is 0 Å². The highest BCUT2D eigenvalue weighted by Crippen LogP contribution is 2.19. The normalized spacial score (nSPS) is 23.0. The Morgan fingerprint density at radius 2 is 1.88 bits per heavy atom. The summed E-state index contributed by atoms with van der Waals surface area (Å²) in [5, 5.41) is 0. The van der Waals surface area contributed by atoms with Gasteiger partial charge in [-0.3, -0.25) is 9.69 Å². The maximum Gasteiger partial charge on any atom is 0.410 e. The van der Waals surface area contributed by atoms with Gasteiger partial charge in [0.05, 0.1) is 0 Å². The van der Waals surface area contributed by atoms with E-state index < -0.39 is 5.60 Å². The van der Waals surface area contributed by atoms with E-state index in [9.17, 15) is 9.59 Å². The number of likely N-dealkylation sites (tertiary alicyclic amines) is 1. The number of nitrogens with zero attached hydrogens (tertiary/aromatic N) is 3. The van der Waals surface area contributed by atoms with Gasteiger partial charge in [-0.2, -0.15) is 0 Å². The molecule has 2 amide bonds. The number of hydrogen-bond donors (Lipinski definition) is 0. The van der Waals surface area contributed by atoms with Gasteiger partial charge in [-0.05, 0) is 39.7 Å². The van der Waals surface area contributed by atoms with Crippen LogP contribution >= 0.6 is 11.6 Å². The highest BCUT2D eigenvalue weighted by Gasteiger charge is 2.29. The van der Waals surface area contributed by atoms with Crippen molar-refractivity contribution in [2.75, 3.05) is 51.7 Å². The Balaban J connectivity index is 1.63. The van der Waals surface area contributed by atoms with Gasteiger partial charge in [0.25, 0.3) is 0 Å². The zero-order valence-corrected chi connectivity index (χ0v) is 15.8. The number of carbonyl (C=O) groups is 2. The maximum absolute atomic E-state index is 12.0. The standard InChI is InChI=1S/C17H30ClN3O3/c1-17(2,3)24-16(23)20-9-7-19(8-10-20)5-4-6-21-13-14(12-18)11-15(21)22/h14H,4-13H2,1-3H3. The van der Waals surface area contributed by atoms with Crippen LogP contribution in [0.15, 0.2) is 0 Å². The number of halogens is 1. The maximum atomic E-state index is 12.0. The lowest BCUT2D eigenvalue weighted by molar-refractivity contribution is -0.127. The molecule has 2 fully saturated rings. The largest absolute Gasteiger partial charge is 0.444 e. The van der Waals surface area contributed by atoms with Crippen LogP contribution in [0.5, 0.6) is 0 Å². The topological polar surface area (TPSA) is 53.1 Å². The van der Waals surface area contributed by atoms with Gasteiger partial charge in [0, 0.05) is 51.6 Å². The van der Waals surface area contributed by atoms with Gasteiger partial charge in [0.15, 0.2) is 0 Å². The Hall–Kier alpha value is -1.01. The van der Waals surface area contributed by atoms with Gasteiger partial charge in [0.2, 0.25) is 5.91 Å². The predicted molar refractivity (Wildman–Crippen MR) is 94.3 cm³/mol. The summed E-state index contributed by atoms with van der Waals surface area (Å²) in [7, 11) is 0. The van der Waals surface area contributed by atoms with Gasteiger partial charge in [0.1, 0.15) is 5.60 Å². The predicted octanol–water partition coefficient (Wildman–Crippen LogP) is 2.02. The minimum Gasteiger partial charge on any atom is -0.444 e. The Kier molecular flexibility index (Phi) is 6.75. The van der Waals surface area contributed by atoms with Gasteiger partial charge in [-0.1, -0.05) is 0 Å². The van der Waals surface area contributed by atoms with E-state index in [4.69, 9.17) is 16.3 Å². The fourth-order valence-electron chi connectivity index (χ4n) is 3.14. The van der Waals surface area contributed by atoms with Crippen molar-refractivity contribution in [3.63, 3.8) is 0 Å². The Morgan fingerprint density at radius 3 is 2.42 bits per heavy atom. The third-order valence-corrected chi connectivity index (χ3v) is 4.88. The molecule has 24 heavy (non-hydrogen) atoms. The molecule has 1 atom stereocenters. The molecule has 0 aromatic heterocycles. The molecular weight excluding hydrogens is 330 g/mol. The first-order chi connectivity index (χ1) is 11.3. The average Bonchev–Trinajstić information content (AvgIpc) is 2.87. The number of ether oxygens (including phenoxy) is 1. The second-order valence-electron chi connectivity index (χ2n) is 7.73. The number of rotatable bonds is 5. The molecule has 2 aliphatic heterocycles. The van der Waals surface area contributed by atoms with Crippen molar-refractivity contribution in [1.82, 2.24) is 14.7 Å². The quantitative estimate of drug-likeness (QED) is 0.705. The van der Waals surface area contributed by atoms with Crippen LogP contribution in [-0.4, -0.2) is 84.0 Å². The summed E-state index contributed by atoms with van der Waals surface area (Å²) in [5.74, 6) is 1.11. The molecule has 2 rings (SSSR count). The number of alkyl halides is 1. The molecule has 6 nitrogen and oxygen atoms in total. The number of piperazine rings is 1. The van der Waals surface area contributed by atoms with Crippen molar-refractivity contribution in [3.05, 3.63) is 0 Å². The molecule has 0 radical (unpaired) electrons. The molecule has 0 spiro atoms. The first kappa shape index (κ1) is 19.3. The summed E-state index contributed by atoms with van der Waals surface area (Å²) in [6.07, 6.45) is 1.34. The van der Waals surface area contributed by atoms with Crippen molar-refractivity contribution in [2.24, 2.45) is 5.92 Å². The SMILES string of the molecule is CC(C)(C)OC(=O)N1CCN(CCCN2CC(CCl)CC2=O)CC1. The molecule has 0 aromatic rings. The third-order valence-electron chi connectivity index (χ3n) is 4.44. The minimum absolute atomic E-state index is 0.225. The summed E-state index contributed by atoms with van der Waals surface area (Å²) in [4.78, 5) is 29.9. The minimum atomic E-state index is -0.447. The van der Waals surface area contributed by atoms with Crippen LogP contribution in [0.4, 0.5) is 4.79 Å². The van der Waals surface area contributed by atoms with E-state index in [-0.39, 0.29) is 12.0 Å². The molecule has 1 unspecified atom stereocenters. The molecule has 0 saturated carbocycles. The van der Waals surface area contributed by atoms with Crippen LogP contribution in [0, 0.1) is 5.92 Å². The number of amides is 2. The van der Waals surface area contributed by atoms with Crippen molar-refractivity contribution >= 4 is 23.6 Å². The second-order valence-corrected chi connectivity index (χ2v) is 8.04. The lowest BCUT2D eigenvalue weighted by atomic mass is 10.1. The lowest BCUT2D eigenvalue weighted by Gasteiger charge is -2.35. The van der Waals surface area contributed by atoms with Crippen LogP contribution in [0.1, 0.15) is 33.6 Å². The average molecular weight is 360 g/mol. The number of carbonyl (C=O) groups excluding carboxylic acids is 2. The zero-order valence-electron chi connectivity index (χ0n) is 15.1. The molecule has 7 heteroatoms. The van der Waals surface area contributed by atoms with Crippen molar-refractivity contribution in [3.8, 4) is 0 Å². The monoisotopic (exact) mass is 359 g/mol. The third kappa shape index (κ3) is 5.81. The Morgan fingerprint density at radius 1 is 1.21 bits per heavy atom. The molecule has 0 N–H and O–H groups in total. The summed E-state index contributed by atoms with van der Waals surface area (Å²) < 4.78 is 5.41.